The Hall–Kier alpha value is -1.23. The molecule has 2 heterocycles. The lowest BCUT2D eigenvalue weighted by atomic mass is 10.2. The Labute approximate surface area is 131 Å². The van der Waals surface area contributed by atoms with E-state index in [1.54, 1.807) is 0 Å². The second-order valence-electron chi connectivity index (χ2n) is 6.42. The SMILES string of the molecule is CC(C)(C)OC(=O)N1CC[C@@H](CSCc2ccccn2)C1. The van der Waals surface area contributed by atoms with Gasteiger partial charge < -0.3 is 9.64 Å². The largest absolute Gasteiger partial charge is 0.444 e. The minimum absolute atomic E-state index is 0.181. The first-order valence-corrected chi connectivity index (χ1v) is 8.55. The molecule has 4 nitrogen and oxygen atoms in total. The van der Waals surface area contributed by atoms with Gasteiger partial charge in [-0.1, -0.05) is 6.07 Å². The highest BCUT2D eigenvalue weighted by atomic mass is 32.2. The van der Waals surface area contributed by atoms with Gasteiger partial charge in [-0.05, 0) is 51.0 Å². The van der Waals surface area contributed by atoms with Gasteiger partial charge in [0.05, 0.1) is 5.69 Å². The number of hydrogen-bond acceptors (Lipinski definition) is 4. The molecule has 0 bridgehead atoms. The van der Waals surface area contributed by atoms with Gasteiger partial charge in [0, 0.05) is 25.0 Å². The highest BCUT2D eigenvalue weighted by Crippen LogP contribution is 2.24. The van der Waals surface area contributed by atoms with E-state index >= 15 is 0 Å². The molecule has 2 rings (SSSR count). The monoisotopic (exact) mass is 308 g/mol. The van der Waals surface area contributed by atoms with Crippen LogP contribution in [-0.4, -0.2) is 40.4 Å². The van der Waals surface area contributed by atoms with Crippen LogP contribution in [0.25, 0.3) is 0 Å². The number of nitrogens with zero attached hydrogens (tertiary/aromatic N) is 2. The average Bonchev–Trinajstić information content (AvgIpc) is 2.87. The second-order valence-corrected chi connectivity index (χ2v) is 7.45. The van der Waals surface area contributed by atoms with Crippen LogP contribution in [0, 0.1) is 5.92 Å². The minimum Gasteiger partial charge on any atom is -0.444 e. The summed E-state index contributed by atoms with van der Waals surface area (Å²) in [6, 6.07) is 6.00. The molecule has 1 aliphatic heterocycles. The molecule has 1 fully saturated rings. The van der Waals surface area contributed by atoms with Crippen molar-refractivity contribution in [3.63, 3.8) is 0 Å². The normalized spacial score (nSPS) is 18.8. The zero-order chi connectivity index (χ0) is 15.3. The van der Waals surface area contributed by atoms with Crippen LogP contribution in [0.3, 0.4) is 0 Å². The summed E-state index contributed by atoms with van der Waals surface area (Å²) in [6.07, 6.45) is 2.71. The van der Waals surface area contributed by atoms with Gasteiger partial charge in [0.2, 0.25) is 0 Å². The van der Waals surface area contributed by atoms with Crippen molar-refractivity contribution in [1.29, 1.82) is 0 Å². The summed E-state index contributed by atoms with van der Waals surface area (Å²) in [5, 5.41) is 0. The van der Waals surface area contributed by atoms with E-state index in [0.717, 1.165) is 36.7 Å². The Balaban J connectivity index is 1.69. The fourth-order valence-corrected chi connectivity index (χ4v) is 3.38. The van der Waals surface area contributed by atoms with Gasteiger partial charge in [-0.2, -0.15) is 11.8 Å². The predicted octanol–water partition coefficient (Wildman–Crippen LogP) is 3.57. The van der Waals surface area contributed by atoms with Crippen molar-refractivity contribution in [1.82, 2.24) is 9.88 Å². The molecule has 0 N–H and O–H groups in total. The van der Waals surface area contributed by atoms with E-state index in [1.165, 1.54) is 0 Å². The molecule has 1 atom stereocenters. The molecule has 0 saturated carbocycles. The fourth-order valence-electron chi connectivity index (χ4n) is 2.27. The van der Waals surface area contributed by atoms with Gasteiger partial charge in [-0.25, -0.2) is 4.79 Å². The van der Waals surface area contributed by atoms with Gasteiger partial charge in [-0.3, -0.25) is 4.98 Å². The number of carbonyl (C=O) groups is 1. The number of carbonyl (C=O) groups excluding carboxylic acids is 1. The Bertz CT molecular complexity index is 459. The minimum atomic E-state index is -0.414. The standard InChI is InChI=1S/C16H24N2O2S/c1-16(2,3)20-15(19)18-9-7-13(10-18)11-21-12-14-6-4-5-8-17-14/h4-6,8,13H,7,9-12H2,1-3H3/t13-/m1/s1. The van der Waals surface area contributed by atoms with Crippen molar-refractivity contribution in [2.75, 3.05) is 18.8 Å². The van der Waals surface area contributed by atoms with Crippen molar-refractivity contribution >= 4 is 17.9 Å². The molecular formula is C16H24N2O2S. The smallest absolute Gasteiger partial charge is 0.410 e. The maximum Gasteiger partial charge on any atom is 0.410 e. The Morgan fingerprint density at radius 2 is 2.29 bits per heavy atom. The van der Waals surface area contributed by atoms with Crippen LogP contribution in [0.4, 0.5) is 4.79 Å². The summed E-state index contributed by atoms with van der Waals surface area (Å²) in [6.45, 7) is 7.33. The van der Waals surface area contributed by atoms with E-state index in [4.69, 9.17) is 4.74 Å². The van der Waals surface area contributed by atoms with Crippen LogP contribution in [0.15, 0.2) is 24.4 Å². The summed E-state index contributed by atoms with van der Waals surface area (Å²) in [5.41, 5.74) is 0.701. The lowest BCUT2D eigenvalue weighted by Crippen LogP contribution is -2.35. The lowest BCUT2D eigenvalue weighted by Gasteiger charge is -2.24. The van der Waals surface area contributed by atoms with Crippen LogP contribution in [-0.2, 0) is 10.5 Å². The molecule has 0 radical (unpaired) electrons. The number of ether oxygens (including phenoxy) is 1. The van der Waals surface area contributed by atoms with Crippen LogP contribution < -0.4 is 0 Å². The number of amides is 1. The Morgan fingerprint density at radius 3 is 2.95 bits per heavy atom. The van der Waals surface area contributed by atoms with E-state index in [9.17, 15) is 4.79 Å². The molecule has 1 amide bonds. The van der Waals surface area contributed by atoms with Crippen LogP contribution in [0.5, 0.6) is 0 Å². The zero-order valence-electron chi connectivity index (χ0n) is 13.0. The maximum absolute atomic E-state index is 12.0. The molecule has 0 aliphatic carbocycles. The van der Waals surface area contributed by atoms with Crippen molar-refractivity contribution in [3.05, 3.63) is 30.1 Å². The summed E-state index contributed by atoms with van der Waals surface area (Å²) in [5.74, 6) is 2.56. The second kappa shape index (κ2) is 7.16. The molecule has 21 heavy (non-hydrogen) atoms. The molecule has 1 aliphatic rings. The number of aromatic nitrogens is 1. The molecule has 0 aromatic carbocycles. The van der Waals surface area contributed by atoms with E-state index in [1.807, 2.05) is 55.8 Å². The first kappa shape index (κ1) is 16.1. The molecule has 1 aromatic heterocycles. The van der Waals surface area contributed by atoms with Crippen LogP contribution in [0.1, 0.15) is 32.9 Å². The van der Waals surface area contributed by atoms with Crippen molar-refractivity contribution in [2.24, 2.45) is 5.92 Å². The number of rotatable bonds is 4. The van der Waals surface area contributed by atoms with Crippen molar-refractivity contribution < 1.29 is 9.53 Å². The van der Waals surface area contributed by atoms with Crippen molar-refractivity contribution in [2.45, 2.75) is 38.5 Å². The fraction of sp³-hybridized carbons (Fsp3) is 0.625. The van der Waals surface area contributed by atoms with Crippen molar-refractivity contribution in [3.8, 4) is 0 Å². The highest BCUT2D eigenvalue weighted by Gasteiger charge is 2.29. The summed E-state index contributed by atoms with van der Waals surface area (Å²) >= 11 is 1.89. The maximum atomic E-state index is 12.0. The molecule has 5 heteroatoms. The first-order valence-electron chi connectivity index (χ1n) is 7.39. The summed E-state index contributed by atoms with van der Waals surface area (Å²) in [4.78, 5) is 18.1. The van der Waals surface area contributed by atoms with E-state index in [0.29, 0.717) is 5.92 Å². The highest BCUT2D eigenvalue weighted by molar-refractivity contribution is 7.98. The third-order valence-electron chi connectivity index (χ3n) is 3.27. The Morgan fingerprint density at radius 1 is 1.48 bits per heavy atom. The summed E-state index contributed by atoms with van der Waals surface area (Å²) < 4.78 is 5.41. The Kier molecular flexibility index (Phi) is 5.51. The number of pyridine rings is 1. The number of likely N-dealkylation sites (tertiary alicyclic amines) is 1. The number of thioether (sulfide) groups is 1. The molecule has 0 unspecified atom stereocenters. The van der Waals surface area contributed by atoms with Crippen LogP contribution in [0.2, 0.25) is 0 Å². The molecule has 116 valence electrons. The molecular weight excluding hydrogens is 284 g/mol. The molecule has 1 saturated heterocycles. The zero-order valence-corrected chi connectivity index (χ0v) is 13.9. The number of hydrogen-bond donors (Lipinski definition) is 0. The van der Waals surface area contributed by atoms with Gasteiger partial charge in [0.1, 0.15) is 5.60 Å². The first-order chi connectivity index (χ1) is 9.94. The van der Waals surface area contributed by atoms with E-state index < -0.39 is 5.60 Å². The third-order valence-corrected chi connectivity index (χ3v) is 4.47. The van der Waals surface area contributed by atoms with Gasteiger partial charge in [0.15, 0.2) is 0 Å². The quantitative estimate of drug-likeness (QED) is 0.853. The third kappa shape index (κ3) is 5.58. The topological polar surface area (TPSA) is 42.4 Å². The lowest BCUT2D eigenvalue weighted by molar-refractivity contribution is 0.0289. The van der Waals surface area contributed by atoms with E-state index in [2.05, 4.69) is 11.1 Å². The van der Waals surface area contributed by atoms with Crippen LogP contribution >= 0.6 is 11.8 Å². The van der Waals surface area contributed by atoms with E-state index in [-0.39, 0.29) is 6.09 Å². The average molecular weight is 308 g/mol. The molecule has 1 aromatic rings. The predicted molar refractivity (Wildman–Crippen MR) is 86.3 cm³/mol. The van der Waals surface area contributed by atoms with Gasteiger partial charge in [0.25, 0.3) is 0 Å². The molecule has 0 spiro atoms. The summed E-state index contributed by atoms with van der Waals surface area (Å²) in [7, 11) is 0. The van der Waals surface area contributed by atoms with Gasteiger partial charge >= 0.3 is 6.09 Å². The van der Waals surface area contributed by atoms with Gasteiger partial charge in [-0.15, -0.1) is 0 Å².